The summed E-state index contributed by atoms with van der Waals surface area (Å²) in [5.74, 6) is 0.678. The van der Waals surface area contributed by atoms with E-state index in [-0.39, 0.29) is 11.8 Å². The summed E-state index contributed by atoms with van der Waals surface area (Å²) in [5, 5.41) is 0. The summed E-state index contributed by atoms with van der Waals surface area (Å²) in [6.45, 7) is 2.47. The zero-order chi connectivity index (χ0) is 15.1. The Morgan fingerprint density at radius 2 is 2.10 bits per heavy atom. The van der Waals surface area contributed by atoms with Crippen LogP contribution >= 0.6 is 0 Å². The van der Waals surface area contributed by atoms with Gasteiger partial charge in [-0.25, -0.2) is 0 Å². The van der Waals surface area contributed by atoms with E-state index in [1.807, 2.05) is 23.1 Å². The maximum absolute atomic E-state index is 12.8. The summed E-state index contributed by atoms with van der Waals surface area (Å²) in [5.41, 5.74) is 6.98. The summed E-state index contributed by atoms with van der Waals surface area (Å²) in [7, 11) is 1.67. The lowest BCUT2D eigenvalue weighted by atomic mass is 9.94. The standard InChI is InChI=1S/C17H26N2O2/c1-21-11-10-19(13-14-6-3-2-4-7-14)17(20)16-9-5-8-15(16)12-18/h2-4,6-7,15-16H,5,8-13,18H2,1H3. The summed E-state index contributed by atoms with van der Waals surface area (Å²) >= 11 is 0. The van der Waals surface area contributed by atoms with Crippen LogP contribution in [0.25, 0.3) is 0 Å². The Hall–Kier alpha value is -1.39. The molecule has 4 nitrogen and oxygen atoms in total. The van der Waals surface area contributed by atoms with Crippen molar-refractivity contribution < 1.29 is 9.53 Å². The van der Waals surface area contributed by atoms with Crippen LogP contribution in [0.4, 0.5) is 0 Å². The lowest BCUT2D eigenvalue weighted by Crippen LogP contribution is -2.40. The van der Waals surface area contributed by atoms with E-state index >= 15 is 0 Å². The number of hydrogen-bond acceptors (Lipinski definition) is 3. The molecule has 0 bridgehead atoms. The second kappa shape index (κ2) is 8.15. The van der Waals surface area contributed by atoms with Crippen molar-refractivity contribution in [3.05, 3.63) is 35.9 Å². The molecule has 2 atom stereocenters. The molecule has 1 fully saturated rings. The van der Waals surface area contributed by atoms with Crippen LogP contribution in [0.5, 0.6) is 0 Å². The summed E-state index contributed by atoms with van der Waals surface area (Å²) in [6.07, 6.45) is 3.16. The number of hydrogen-bond donors (Lipinski definition) is 1. The summed E-state index contributed by atoms with van der Waals surface area (Å²) in [6, 6.07) is 10.1. The fourth-order valence-corrected chi connectivity index (χ4v) is 3.15. The molecule has 0 aliphatic heterocycles. The Bertz CT molecular complexity index is 436. The molecular weight excluding hydrogens is 264 g/mol. The summed E-state index contributed by atoms with van der Waals surface area (Å²) in [4.78, 5) is 14.8. The molecule has 0 saturated heterocycles. The van der Waals surface area contributed by atoms with Crippen molar-refractivity contribution in [2.75, 3.05) is 26.8 Å². The first kappa shape index (κ1) is 16.0. The van der Waals surface area contributed by atoms with Crippen molar-refractivity contribution in [1.29, 1.82) is 0 Å². The van der Waals surface area contributed by atoms with E-state index in [4.69, 9.17) is 10.5 Å². The zero-order valence-corrected chi connectivity index (χ0v) is 12.8. The second-order valence-corrected chi connectivity index (χ2v) is 5.77. The van der Waals surface area contributed by atoms with Crippen LogP contribution in [0, 0.1) is 11.8 Å². The smallest absolute Gasteiger partial charge is 0.226 e. The first-order valence-electron chi connectivity index (χ1n) is 7.78. The maximum atomic E-state index is 12.8. The van der Waals surface area contributed by atoms with Gasteiger partial charge in [0.2, 0.25) is 5.91 Å². The Morgan fingerprint density at radius 1 is 1.33 bits per heavy atom. The average Bonchev–Trinajstić information content (AvgIpc) is 3.00. The monoisotopic (exact) mass is 290 g/mol. The zero-order valence-electron chi connectivity index (χ0n) is 12.8. The lowest BCUT2D eigenvalue weighted by Gasteiger charge is -2.28. The Morgan fingerprint density at radius 3 is 2.76 bits per heavy atom. The third kappa shape index (κ3) is 4.29. The molecular formula is C17H26N2O2. The van der Waals surface area contributed by atoms with Crippen molar-refractivity contribution in [1.82, 2.24) is 4.90 Å². The molecule has 0 aromatic heterocycles. The number of carbonyl (C=O) groups is 1. The highest BCUT2D eigenvalue weighted by molar-refractivity contribution is 5.79. The van der Waals surface area contributed by atoms with Gasteiger partial charge in [0, 0.05) is 26.1 Å². The van der Waals surface area contributed by atoms with Gasteiger partial charge in [-0.3, -0.25) is 4.79 Å². The van der Waals surface area contributed by atoms with Crippen molar-refractivity contribution >= 4 is 5.91 Å². The Kier molecular flexibility index (Phi) is 6.21. The average molecular weight is 290 g/mol. The van der Waals surface area contributed by atoms with Gasteiger partial charge >= 0.3 is 0 Å². The van der Waals surface area contributed by atoms with E-state index in [9.17, 15) is 4.79 Å². The van der Waals surface area contributed by atoms with E-state index in [1.54, 1.807) is 7.11 Å². The molecule has 1 aromatic carbocycles. The van der Waals surface area contributed by atoms with Gasteiger partial charge in [-0.2, -0.15) is 0 Å². The molecule has 4 heteroatoms. The number of nitrogens with zero attached hydrogens (tertiary/aromatic N) is 1. The van der Waals surface area contributed by atoms with E-state index in [0.29, 0.717) is 32.2 Å². The number of benzene rings is 1. The predicted octanol–water partition coefficient (Wildman–Crippen LogP) is 2.04. The molecule has 21 heavy (non-hydrogen) atoms. The maximum Gasteiger partial charge on any atom is 0.226 e. The van der Waals surface area contributed by atoms with Gasteiger partial charge in [0.15, 0.2) is 0 Å². The van der Waals surface area contributed by atoms with E-state index in [0.717, 1.165) is 24.8 Å². The normalized spacial score (nSPS) is 21.4. The van der Waals surface area contributed by atoms with Crippen molar-refractivity contribution in [2.45, 2.75) is 25.8 Å². The number of carbonyl (C=O) groups excluding carboxylic acids is 1. The molecule has 2 rings (SSSR count). The molecule has 0 radical (unpaired) electrons. The fraction of sp³-hybridized carbons (Fsp3) is 0.588. The number of nitrogens with two attached hydrogens (primary N) is 1. The largest absolute Gasteiger partial charge is 0.383 e. The van der Waals surface area contributed by atoms with Crippen LogP contribution in [0.15, 0.2) is 30.3 Å². The number of amides is 1. The van der Waals surface area contributed by atoms with Crippen LogP contribution in [0.1, 0.15) is 24.8 Å². The van der Waals surface area contributed by atoms with Crippen LogP contribution in [-0.4, -0.2) is 37.6 Å². The first-order valence-corrected chi connectivity index (χ1v) is 7.78. The molecule has 116 valence electrons. The molecule has 1 aliphatic rings. The van der Waals surface area contributed by atoms with Gasteiger partial charge in [0.25, 0.3) is 0 Å². The number of methoxy groups -OCH3 is 1. The molecule has 0 spiro atoms. The molecule has 1 aliphatic carbocycles. The van der Waals surface area contributed by atoms with Crippen LogP contribution < -0.4 is 5.73 Å². The van der Waals surface area contributed by atoms with Crippen LogP contribution in [0.2, 0.25) is 0 Å². The van der Waals surface area contributed by atoms with Crippen molar-refractivity contribution in [3.63, 3.8) is 0 Å². The first-order chi connectivity index (χ1) is 10.3. The van der Waals surface area contributed by atoms with Gasteiger partial charge in [-0.15, -0.1) is 0 Å². The lowest BCUT2D eigenvalue weighted by molar-refractivity contribution is -0.137. The third-order valence-corrected chi connectivity index (χ3v) is 4.37. The minimum atomic E-state index is 0.0931. The van der Waals surface area contributed by atoms with Crippen LogP contribution in [0.3, 0.4) is 0 Å². The molecule has 0 heterocycles. The molecule has 1 aromatic rings. The minimum absolute atomic E-state index is 0.0931. The topological polar surface area (TPSA) is 55.6 Å². The SMILES string of the molecule is COCCN(Cc1ccccc1)C(=O)C1CCCC1CN. The highest BCUT2D eigenvalue weighted by atomic mass is 16.5. The number of rotatable bonds is 7. The molecule has 2 N–H and O–H groups in total. The second-order valence-electron chi connectivity index (χ2n) is 5.77. The third-order valence-electron chi connectivity index (χ3n) is 4.37. The Labute approximate surface area is 127 Å². The fourth-order valence-electron chi connectivity index (χ4n) is 3.15. The highest BCUT2D eigenvalue weighted by Gasteiger charge is 2.34. The quantitative estimate of drug-likeness (QED) is 0.836. The van der Waals surface area contributed by atoms with E-state index in [1.165, 1.54) is 0 Å². The van der Waals surface area contributed by atoms with E-state index in [2.05, 4.69) is 12.1 Å². The highest BCUT2D eigenvalue weighted by Crippen LogP contribution is 2.32. The molecule has 1 amide bonds. The van der Waals surface area contributed by atoms with Gasteiger partial charge in [-0.1, -0.05) is 36.8 Å². The van der Waals surface area contributed by atoms with E-state index < -0.39 is 0 Å². The summed E-state index contributed by atoms with van der Waals surface area (Å²) < 4.78 is 5.16. The predicted molar refractivity (Wildman–Crippen MR) is 83.6 cm³/mol. The van der Waals surface area contributed by atoms with Crippen molar-refractivity contribution in [3.8, 4) is 0 Å². The molecule has 2 unspecified atom stereocenters. The van der Waals surface area contributed by atoms with Crippen LogP contribution in [-0.2, 0) is 16.1 Å². The van der Waals surface area contributed by atoms with Crippen molar-refractivity contribution in [2.24, 2.45) is 17.6 Å². The van der Waals surface area contributed by atoms with Gasteiger partial charge < -0.3 is 15.4 Å². The number of ether oxygens (including phenoxy) is 1. The van der Waals surface area contributed by atoms with Gasteiger partial charge in [0.1, 0.15) is 0 Å². The Balaban J connectivity index is 2.05. The minimum Gasteiger partial charge on any atom is -0.383 e. The molecule has 1 saturated carbocycles. The van der Waals surface area contributed by atoms with Gasteiger partial charge in [-0.05, 0) is 30.9 Å². The van der Waals surface area contributed by atoms with Gasteiger partial charge in [0.05, 0.1) is 6.61 Å².